The van der Waals surface area contributed by atoms with Crippen molar-refractivity contribution in [3.8, 4) is 5.82 Å². The number of esters is 1. The number of carbonyl (C=O) groups is 3. The highest BCUT2D eigenvalue weighted by Crippen LogP contribution is 2.35. The molecule has 2 aromatic rings. The molecule has 1 atom stereocenters. The van der Waals surface area contributed by atoms with E-state index in [-0.39, 0.29) is 11.5 Å². The van der Waals surface area contributed by atoms with Gasteiger partial charge in [-0.15, -0.1) is 0 Å². The molecular formula is C21H23N3O4S. The van der Waals surface area contributed by atoms with Crippen LogP contribution in [-0.4, -0.2) is 44.2 Å². The standard InChI is InChI=1S/C21H23N3O4S/c1-6-28-20(26)15(5)24-19(25)17(29-21(24)27)11-16-10-13(3)23(14(16)4)18-9-12(2)7-8-22-18/h7-11,15H,6H2,1-5H3. The first-order chi connectivity index (χ1) is 13.7. The van der Waals surface area contributed by atoms with Crippen LogP contribution in [0.5, 0.6) is 0 Å². The number of aromatic nitrogens is 2. The molecule has 2 aromatic heterocycles. The van der Waals surface area contributed by atoms with E-state index in [4.69, 9.17) is 4.74 Å². The van der Waals surface area contributed by atoms with Crippen molar-refractivity contribution in [3.05, 3.63) is 51.8 Å². The van der Waals surface area contributed by atoms with Crippen LogP contribution in [0.2, 0.25) is 0 Å². The number of amides is 2. The van der Waals surface area contributed by atoms with Gasteiger partial charge in [0, 0.05) is 17.6 Å². The van der Waals surface area contributed by atoms with E-state index in [0.29, 0.717) is 0 Å². The van der Waals surface area contributed by atoms with Crippen LogP contribution in [0.4, 0.5) is 4.79 Å². The molecule has 1 aliphatic rings. The average molecular weight is 413 g/mol. The molecule has 29 heavy (non-hydrogen) atoms. The summed E-state index contributed by atoms with van der Waals surface area (Å²) >= 11 is 0.828. The molecule has 8 heteroatoms. The highest BCUT2D eigenvalue weighted by molar-refractivity contribution is 8.18. The molecule has 3 heterocycles. The number of hydrogen-bond donors (Lipinski definition) is 0. The Balaban J connectivity index is 1.93. The molecule has 0 saturated carbocycles. The van der Waals surface area contributed by atoms with Crippen molar-refractivity contribution in [3.63, 3.8) is 0 Å². The Morgan fingerprint density at radius 3 is 2.66 bits per heavy atom. The number of rotatable bonds is 5. The van der Waals surface area contributed by atoms with Gasteiger partial charge >= 0.3 is 5.97 Å². The summed E-state index contributed by atoms with van der Waals surface area (Å²) in [5, 5.41) is -0.476. The van der Waals surface area contributed by atoms with E-state index in [2.05, 4.69) is 4.98 Å². The van der Waals surface area contributed by atoms with Crippen LogP contribution in [0.3, 0.4) is 0 Å². The molecule has 0 aromatic carbocycles. The maximum absolute atomic E-state index is 12.8. The predicted octanol–water partition coefficient (Wildman–Crippen LogP) is 3.79. The van der Waals surface area contributed by atoms with Crippen LogP contribution in [-0.2, 0) is 14.3 Å². The third kappa shape index (κ3) is 3.98. The van der Waals surface area contributed by atoms with E-state index in [1.165, 1.54) is 6.92 Å². The van der Waals surface area contributed by atoms with E-state index < -0.39 is 23.2 Å². The largest absolute Gasteiger partial charge is 0.464 e. The molecule has 2 amide bonds. The molecule has 1 unspecified atom stereocenters. The number of thioether (sulfide) groups is 1. The Kier molecular flexibility index (Phi) is 5.93. The minimum absolute atomic E-state index is 0.189. The van der Waals surface area contributed by atoms with Gasteiger partial charge in [0.2, 0.25) is 0 Å². The van der Waals surface area contributed by atoms with Crippen LogP contribution in [0.1, 0.15) is 36.4 Å². The molecule has 0 bridgehead atoms. The minimum atomic E-state index is -0.961. The Labute approximate surface area is 173 Å². The number of ether oxygens (including phenoxy) is 1. The highest BCUT2D eigenvalue weighted by atomic mass is 32.2. The van der Waals surface area contributed by atoms with Gasteiger partial charge in [0.05, 0.1) is 11.5 Å². The van der Waals surface area contributed by atoms with Gasteiger partial charge in [0.15, 0.2) is 0 Å². The minimum Gasteiger partial charge on any atom is -0.464 e. The molecule has 7 nitrogen and oxygen atoms in total. The lowest BCUT2D eigenvalue weighted by atomic mass is 10.2. The van der Waals surface area contributed by atoms with Crippen molar-refractivity contribution in [2.45, 2.75) is 40.7 Å². The molecule has 1 fully saturated rings. The maximum atomic E-state index is 12.8. The Hall–Kier alpha value is -2.87. The molecule has 0 spiro atoms. The molecular weight excluding hydrogens is 390 g/mol. The summed E-state index contributed by atoms with van der Waals surface area (Å²) in [6.45, 7) is 9.26. The zero-order valence-electron chi connectivity index (χ0n) is 17.1. The number of aryl methyl sites for hydroxylation is 2. The summed E-state index contributed by atoms with van der Waals surface area (Å²) in [7, 11) is 0. The third-order valence-corrected chi connectivity index (χ3v) is 5.61. The van der Waals surface area contributed by atoms with Crippen LogP contribution < -0.4 is 0 Å². The van der Waals surface area contributed by atoms with Crippen molar-refractivity contribution in [2.75, 3.05) is 6.61 Å². The van der Waals surface area contributed by atoms with Crippen molar-refractivity contribution in [1.82, 2.24) is 14.5 Å². The van der Waals surface area contributed by atoms with E-state index >= 15 is 0 Å². The van der Waals surface area contributed by atoms with Gasteiger partial charge in [-0.1, -0.05) is 0 Å². The van der Waals surface area contributed by atoms with Gasteiger partial charge < -0.3 is 9.30 Å². The monoisotopic (exact) mass is 413 g/mol. The van der Waals surface area contributed by atoms with E-state index in [0.717, 1.165) is 45.0 Å². The van der Waals surface area contributed by atoms with Crippen molar-refractivity contribution in [2.24, 2.45) is 0 Å². The fourth-order valence-electron chi connectivity index (χ4n) is 3.25. The van der Waals surface area contributed by atoms with Crippen molar-refractivity contribution in [1.29, 1.82) is 0 Å². The third-order valence-electron chi connectivity index (χ3n) is 4.73. The first kappa shape index (κ1) is 20.9. The Bertz CT molecular complexity index is 1020. The lowest BCUT2D eigenvalue weighted by Gasteiger charge is -2.19. The smallest absolute Gasteiger partial charge is 0.329 e. The average Bonchev–Trinajstić information content (AvgIpc) is 3.09. The van der Waals surface area contributed by atoms with Crippen molar-refractivity contribution >= 4 is 35.0 Å². The van der Waals surface area contributed by atoms with Crippen molar-refractivity contribution < 1.29 is 19.1 Å². The summed E-state index contributed by atoms with van der Waals surface area (Å²) in [6, 6.07) is 4.90. The van der Waals surface area contributed by atoms with Crippen LogP contribution in [0.15, 0.2) is 29.3 Å². The molecule has 152 valence electrons. The lowest BCUT2D eigenvalue weighted by Crippen LogP contribution is -2.42. The second-order valence-corrected chi connectivity index (χ2v) is 7.83. The lowest BCUT2D eigenvalue weighted by molar-refractivity contribution is -0.150. The summed E-state index contributed by atoms with van der Waals surface area (Å²) in [6.07, 6.45) is 3.45. The SMILES string of the molecule is CCOC(=O)C(C)N1C(=O)SC(=Cc2cc(C)n(-c3cc(C)ccn3)c2C)C1=O. The fourth-order valence-corrected chi connectivity index (χ4v) is 4.15. The number of hydrogen-bond acceptors (Lipinski definition) is 6. The van der Waals surface area contributed by atoms with E-state index in [1.54, 1.807) is 19.2 Å². The quantitative estimate of drug-likeness (QED) is 0.548. The zero-order valence-corrected chi connectivity index (χ0v) is 17.9. The van der Waals surface area contributed by atoms with Gasteiger partial charge in [0.1, 0.15) is 11.9 Å². The van der Waals surface area contributed by atoms with Gasteiger partial charge in [-0.3, -0.25) is 14.5 Å². The molecule has 1 aliphatic heterocycles. The van der Waals surface area contributed by atoms with Gasteiger partial charge in [-0.25, -0.2) is 9.78 Å². The summed E-state index contributed by atoms with van der Waals surface area (Å²) in [5.41, 5.74) is 3.79. The highest BCUT2D eigenvalue weighted by Gasteiger charge is 2.41. The Morgan fingerprint density at radius 2 is 2.00 bits per heavy atom. The van der Waals surface area contributed by atoms with Gasteiger partial charge in [-0.2, -0.15) is 0 Å². The first-order valence-corrected chi connectivity index (χ1v) is 10.1. The topological polar surface area (TPSA) is 81.5 Å². The number of carbonyl (C=O) groups excluding carboxylic acids is 3. The summed E-state index contributed by atoms with van der Waals surface area (Å²) < 4.78 is 6.94. The second-order valence-electron chi connectivity index (χ2n) is 6.83. The summed E-state index contributed by atoms with van der Waals surface area (Å²) in [4.78, 5) is 42.8. The zero-order chi connectivity index (χ0) is 21.3. The molecule has 0 aliphatic carbocycles. The summed E-state index contributed by atoms with van der Waals surface area (Å²) in [5.74, 6) is -0.289. The maximum Gasteiger partial charge on any atom is 0.329 e. The van der Waals surface area contributed by atoms with Crippen LogP contribution >= 0.6 is 11.8 Å². The molecule has 1 saturated heterocycles. The number of pyridine rings is 1. The Morgan fingerprint density at radius 1 is 1.28 bits per heavy atom. The molecule has 0 N–H and O–H groups in total. The number of nitrogens with zero attached hydrogens (tertiary/aromatic N) is 3. The first-order valence-electron chi connectivity index (χ1n) is 9.30. The van der Waals surface area contributed by atoms with E-state index in [9.17, 15) is 14.4 Å². The molecule has 3 rings (SSSR count). The van der Waals surface area contributed by atoms with Gasteiger partial charge in [-0.05, 0) is 81.8 Å². The number of imide groups is 1. The fraction of sp³-hybridized carbons (Fsp3) is 0.333. The normalized spacial score (nSPS) is 16.6. The van der Waals surface area contributed by atoms with Crippen LogP contribution in [0.25, 0.3) is 11.9 Å². The van der Waals surface area contributed by atoms with E-state index in [1.807, 2.05) is 43.5 Å². The predicted molar refractivity (Wildman–Crippen MR) is 112 cm³/mol. The van der Waals surface area contributed by atoms with Gasteiger partial charge in [0.25, 0.3) is 11.1 Å². The molecule has 0 radical (unpaired) electrons. The second kappa shape index (κ2) is 8.24. The van der Waals surface area contributed by atoms with Crippen LogP contribution in [0, 0.1) is 20.8 Å².